The number of phenols is 1. The van der Waals surface area contributed by atoms with Crippen molar-refractivity contribution in [3.8, 4) is 5.75 Å². The van der Waals surface area contributed by atoms with Gasteiger partial charge in [-0.3, -0.25) is 14.2 Å². The summed E-state index contributed by atoms with van der Waals surface area (Å²) in [5.74, 6) is 0.125. The van der Waals surface area contributed by atoms with E-state index in [0.717, 1.165) is 42.0 Å². The molecule has 0 radical (unpaired) electrons. The number of halogens is 4. The van der Waals surface area contributed by atoms with Gasteiger partial charge < -0.3 is 10.4 Å². The van der Waals surface area contributed by atoms with E-state index in [4.69, 9.17) is 0 Å². The molecular formula is C24H29F4N3O. The van der Waals surface area contributed by atoms with E-state index in [2.05, 4.69) is 10.2 Å². The van der Waals surface area contributed by atoms with Gasteiger partial charge in [0.1, 0.15) is 5.75 Å². The third kappa shape index (κ3) is 5.18. The summed E-state index contributed by atoms with van der Waals surface area (Å²) in [6.45, 7) is 2.99. The van der Waals surface area contributed by atoms with Crippen LogP contribution < -0.4 is 5.32 Å². The second-order valence-electron chi connectivity index (χ2n) is 8.89. The SMILES string of the molecule is CC1Cc2cc(O)ccc2C(c2ccc(NC3CN(CCCF)C3)cc2)N1CC(F)(F)F. The van der Waals surface area contributed by atoms with Crippen molar-refractivity contribution in [3.63, 3.8) is 0 Å². The van der Waals surface area contributed by atoms with Crippen LogP contribution in [0.25, 0.3) is 0 Å². The van der Waals surface area contributed by atoms with Crippen LogP contribution in [0.2, 0.25) is 0 Å². The summed E-state index contributed by atoms with van der Waals surface area (Å²) in [4.78, 5) is 3.69. The zero-order valence-electron chi connectivity index (χ0n) is 18.1. The lowest BCUT2D eigenvalue weighted by Gasteiger charge is -2.42. The Morgan fingerprint density at radius 1 is 1.09 bits per heavy atom. The molecule has 8 heteroatoms. The van der Waals surface area contributed by atoms with Crippen LogP contribution in [-0.2, 0) is 6.42 Å². The highest BCUT2D eigenvalue weighted by Gasteiger charge is 2.40. The van der Waals surface area contributed by atoms with E-state index >= 15 is 0 Å². The average Bonchev–Trinajstić information content (AvgIpc) is 2.70. The van der Waals surface area contributed by atoms with Crippen LogP contribution in [-0.4, -0.2) is 66.0 Å². The summed E-state index contributed by atoms with van der Waals surface area (Å²) in [6, 6.07) is 11.9. The van der Waals surface area contributed by atoms with Crippen molar-refractivity contribution in [1.29, 1.82) is 0 Å². The van der Waals surface area contributed by atoms with E-state index in [1.807, 2.05) is 24.3 Å². The van der Waals surface area contributed by atoms with Gasteiger partial charge in [-0.05, 0) is 60.7 Å². The minimum absolute atomic E-state index is 0.125. The number of hydrogen-bond acceptors (Lipinski definition) is 4. The summed E-state index contributed by atoms with van der Waals surface area (Å²) < 4.78 is 52.4. The largest absolute Gasteiger partial charge is 0.508 e. The molecule has 2 heterocycles. The average molecular weight is 452 g/mol. The quantitative estimate of drug-likeness (QED) is 0.597. The number of fused-ring (bicyclic) bond motifs is 1. The number of phenolic OH excluding ortho intramolecular Hbond substituents is 1. The third-order valence-electron chi connectivity index (χ3n) is 6.36. The molecule has 0 aliphatic carbocycles. The van der Waals surface area contributed by atoms with E-state index < -0.39 is 18.8 Å². The first-order chi connectivity index (χ1) is 15.2. The first-order valence-corrected chi connectivity index (χ1v) is 11.0. The van der Waals surface area contributed by atoms with Gasteiger partial charge in [0.05, 0.1) is 25.3 Å². The van der Waals surface area contributed by atoms with Gasteiger partial charge in [-0.1, -0.05) is 18.2 Å². The van der Waals surface area contributed by atoms with Crippen molar-refractivity contribution in [1.82, 2.24) is 9.80 Å². The van der Waals surface area contributed by atoms with Gasteiger partial charge in [0.2, 0.25) is 0 Å². The number of rotatable bonds is 7. The number of anilines is 1. The lowest BCUT2D eigenvalue weighted by atomic mass is 9.85. The monoisotopic (exact) mass is 451 g/mol. The lowest BCUT2D eigenvalue weighted by Crippen LogP contribution is -2.54. The van der Waals surface area contributed by atoms with Crippen LogP contribution in [0.4, 0.5) is 23.2 Å². The Morgan fingerprint density at radius 2 is 1.81 bits per heavy atom. The smallest absolute Gasteiger partial charge is 0.401 e. The number of nitrogens with zero attached hydrogens (tertiary/aromatic N) is 2. The Morgan fingerprint density at radius 3 is 2.47 bits per heavy atom. The first-order valence-electron chi connectivity index (χ1n) is 11.0. The van der Waals surface area contributed by atoms with Gasteiger partial charge in [0, 0.05) is 31.4 Å². The Hall–Kier alpha value is -2.32. The molecule has 2 unspecified atom stereocenters. The highest BCUT2D eigenvalue weighted by atomic mass is 19.4. The Labute approximate surface area is 185 Å². The topological polar surface area (TPSA) is 38.7 Å². The van der Waals surface area contributed by atoms with E-state index in [-0.39, 0.29) is 18.5 Å². The van der Waals surface area contributed by atoms with E-state index in [9.17, 15) is 22.7 Å². The molecule has 2 aliphatic heterocycles. The zero-order valence-corrected chi connectivity index (χ0v) is 18.1. The molecule has 0 aromatic heterocycles. The predicted octanol–water partition coefficient (Wildman–Crippen LogP) is 4.75. The summed E-state index contributed by atoms with van der Waals surface area (Å²) in [5.41, 5.74) is 3.39. The number of aromatic hydroxyl groups is 1. The highest BCUT2D eigenvalue weighted by Crippen LogP contribution is 2.40. The summed E-state index contributed by atoms with van der Waals surface area (Å²) >= 11 is 0. The fourth-order valence-corrected chi connectivity index (χ4v) is 4.85. The molecule has 2 aromatic rings. The maximum absolute atomic E-state index is 13.4. The Kier molecular flexibility index (Phi) is 6.62. The lowest BCUT2D eigenvalue weighted by molar-refractivity contribution is -0.155. The summed E-state index contributed by atoms with van der Waals surface area (Å²) in [6.07, 6.45) is -3.30. The molecule has 0 amide bonds. The highest BCUT2D eigenvalue weighted by molar-refractivity contribution is 5.50. The molecule has 174 valence electrons. The standard InChI is InChI=1S/C24H29F4N3O/c1-16-11-18-12-21(32)7-8-22(18)23(31(16)15-24(26,27)28)17-3-5-19(6-4-17)29-20-13-30(14-20)10-2-9-25/h3-8,12,16,20,23,29,32H,2,9-11,13-15H2,1H3. The van der Waals surface area contributed by atoms with Crippen molar-refractivity contribution < 1.29 is 22.7 Å². The van der Waals surface area contributed by atoms with Crippen LogP contribution in [0.1, 0.15) is 36.1 Å². The molecule has 1 saturated heterocycles. The van der Waals surface area contributed by atoms with Crippen LogP contribution in [0.5, 0.6) is 5.75 Å². The number of alkyl halides is 4. The van der Waals surface area contributed by atoms with Crippen molar-refractivity contribution in [2.75, 3.05) is 38.2 Å². The second-order valence-corrected chi connectivity index (χ2v) is 8.89. The predicted molar refractivity (Wildman–Crippen MR) is 117 cm³/mol. The molecule has 0 spiro atoms. The molecule has 0 saturated carbocycles. The van der Waals surface area contributed by atoms with Crippen molar-refractivity contribution in [2.45, 2.75) is 44.1 Å². The van der Waals surface area contributed by atoms with Gasteiger partial charge in [-0.2, -0.15) is 13.2 Å². The minimum atomic E-state index is -4.30. The van der Waals surface area contributed by atoms with Crippen LogP contribution in [0.3, 0.4) is 0 Å². The van der Waals surface area contributed by atoms with Crippen molar-refractivity contribution in [3.05, 3.63) is 59.2 Å². The van der Waals surface area contributed by atoms with Gasteiger partial charge >= 0.3 is 6.18 Å². The van der Waals surface area contributed by atoms with E-state index in [0.29, 0.717) is 18.9 Å². The first kappa shape index (κ1) is 22.9. The summed E-state index contributed by atoms with van der Waals surface area (Å²) in [5, 5.41) is 13.3. The van der Waals surface area contributed by atoms with Gasteiger partial charge in [-0.15, -0.1) is 0 Å². The Balaban J connectivity index is 1.53. The molecule has 2 aliphatic rings. The molecule has 4 nitrogen and oxygen atoms in total. The molecule has 32 heavy (non-hydrogen) atoms. The molecule has 2 atom stereocenters. The zero-order chi connectivity index (χ0) is 22.9. The van der Waals surface area contributed by atoms with Crippen LogP contribution in [0.15, 0.2) is 42.5 Å². The van der Waals surface area contributed by atoms with Gasteiger partial charge in [-0.25, -0.2) is 0 Å². The van der Waals surface area contributed by atoms with E-state index in [1.165, 1.54) is 11.0 Å². The third-order valence-corrected chi connectivity index (χ3v) is 6.36. The van der Waals surface area contributed by atoms with Gasteiger partial charge in [0.15, 0.2) is 0 Å². The van der Waals surface area contributed by atoms with E-state index in [1.54, 1.807) is 19.1 Å². The molecule has 4 rings (SSSR count). The normalized spacial score (nSPS) is 22.4. The molecule has 1 fully saturated rings. The number of benzene rings is 2. The van der Waals surface area contributed by atoms with Gasteiger partial charge in [0.25, 0.3) is 0 Å². The van der Waals surface area contributed by atoms with Crippen molar-refractivity contribution in [2.24, 2.45) is 0 Å². The summed E-state index contributed by atoms with van der Waals surface area (Å²) in [7, 11) is 0. The molecule has 2 N–H and O–H groups in total. The maximum atomic E-state index is 13.4. The Bertz CT molecular complexity index is 912. The maximum Gasteiger partial charge on any atom is 0.401 e. The minimum Gasteiger partial charge on any atom is -0.508 e. The fourth-order valence-electron chi connectivity index (χ4n) is 4.85. The second kappa shape index (κ2) is 9.27. The number of likely N-dealkylation sites (tertiary alicyclic amines) is 1. The van der Waals surface area contributed by atoms with Crippen LogP contribution >= 0.6 is 0 Å². The molecular weight excluding hydrogens is 422 g/mol. The number of nitrogens with one attached hydrogen (secondary N) is 1. The van der Waals surface area contributed by atoms with Crippen LogP contribution in [0, 0.1) is 0 Å². The number of hydrogen-bond donors (Lipinski definition) is 2. The molecule has 0 bridgehead atoms. The molecule has 2 aromatic carbocycles. The van der Waals surface area contributed by atoms with Crippen molar-refractivity contribution >= 4 is 5.69 Å². The fraction of sp³-hybridized carbons (Fsp3) is 0.500.